The number of nitrogens with zero attached hydrogens (tertiary/aromatic N) is 1. The maximum Gasteiger partial charge on any atom is 0.490 e. The second-order valence-electron chi connectivity index (χ2n) is 4.51. The number of carboxylic acids is 1. The van der Waals surface area contributed by atoms with Crippen molar-refractivity contribution in [1.82, 2.24) is 9.97 Å². The van der Waals surface area contributed by atoms with Crippen LogP contribution < -0.4 is 5.32 Å². The van der Waals surface area contributed by atoms with E-state index in [0.717, 1.165) is 27.1 Å². The van der Waals surface area contributed by atoms with Crippen LogP contribution >= 0.6 is 15.9 Å². The molecule has 0 unspecified atom stereocenters. The van der Waals surface area contributed by atoms with Gasteiger partial charge >= 0.3 is 12.1 Å². The Morgan fingerprint density at radius 2 is 1.71 bits per heavy atom. The largest absolute Gasteiger partial charge is 0.490 e. The molecule has 1 aromatic heterocycles. The van der Waals surface area contributed by atoms with Gasteiger partial charge in [0.15, 0.2) is 0 Å². The van der Waals surface area contributed by atoms with Crippen LogP contribution in [0.2, 0.25) is 0 Å². The minimum Gasteiger partial charge on any atom is -0.475 e. The number of carboxylic acid groups (broad SMARTS) is 1. The molecule has 1 heterocycles. The van der Waals surface area contributed by atoms with E-state index >= 15 is 0 Å². The summed E-state index contributed by atoms with van der Waals surface area (Å²) in [4.78, 5) is 16.6. The number of aromatic nitrogens is 2. The van der Waals surface area contributed by atoms with Crippen molar-refractivity contribution in [2.24, 2.45) is 0 Å². The highest BCUT2D eigenvalue weighted by molar-refractivity contribution is 9.10. The lowest BCUT2D eigenvalue weighted by molar-refractivity contribution is -0.192. The Labute approximate surface area is 142 Å². The third-order valence-corrected chi connectivity index (χ3v) is 3.45. The van der Waals surface area contributed by atoms with Crippen LogP contribution in [0, 0.1) is 0 Å². The Morgan fingerprint density at radius 3 is 2.29 bits per heavy atom. The Morgan fingerprint density at radius 1 is 1.12 bits per heavy atom. The first-order valence-corrected chi connectivity index (χ1v) is 7.33. The number of H-pyrrole nitrogens is 1. The number of nitrogens with one attached hydrogen (secondary N) is 2. The summed E-state index contributed by atoms with van der Waals surface area (Å²) < 4.78 is 32.8. The average molecular weight is 402 g/mol. The molecule has 9 heteroatoms. The predicted molar refractivity (Wildman–Crippen MR) is 87.2 cm³/mol. The number of hydrogen-bond donors (Lipinski definition) is 3. The van der Waals surface area contributed by atoms with Crippen molar-refractivity contribution in [3.63, 3.8) is 0 Å². The molecule has 3 rings (SSSR count). The van der Waals surface area contributed by atoms with Crippen LogP contribution in [0.3, 0.4) is 0 Å². The summed E-state index contributed by atoms with van der Waals surface area (Å²) in [5.41, 5.74) is 2.98. The fourth-order valence-electron chi connectivity index (χ4n) is 1.70. The Hall–Kier alpha value is -2.55. The van der Waals surface area contributed by atoms with Crippen molar-refractivity contribution in [2.75, 3.05) is 5.32 Å². The fourth-order valence-corrected chi connectivity index (χ4v) is 2.09. The Kier molecular flexibility index (Phi) is 5.45. The molecule has 0 fully saturated rings. The highest BCUT2D eigenvalue weighted by Gasteiger charge is 2.38. The number of halogens is 4. The van der Waals surface area contributed by atoms with Crippen molar-refractivity contribution in [3.05, 3.63) is 53.0 Å². The van der Waals surface area contributed by atoms with Crippen LogP contribution in [-0.4, -0.2) is 27.2 Å². The number of hydrogen-bond acceptors (Lipinski definition) is 3. The molecule has 0 spiro atoms. The smallest absolute Gasteiger partial charge is 0.475 e. The highest BCUT2D eigenvalue weighted by Crippen LogP contribution is 2.25. The maximum atomic E-state index is 10.6. The molecule has 3 aromatic rings. The van der Waals surface area contributed by atoms with E-state index in [1.165, 1.54) is 0 Å². The summed E-state index contributed by atoms with van der Waals surface area (Å²) in [7, 11) is 0. The molecular formula is C15H11BrF3N3O2. The third-order valence-electron chi connectivity index (χ3n) is 2.76. The third kappa shape index (κ3) is 4.72. The van der Waals surface area contributed by atoms with E-state index in [0.29, 0.717) is 0 Å². The summed E-state index contributed by atoms with van der Waals surface area (Å²) in [6, 6.07) is 15.9. The van der Waals surface area contributed by atoms with Gasteiger partial charge in [0.2, 0.25) is 5.95 Å². The minimum atomic E-state index is -5.08. The van der Waals surface area contributed by atoms with E-state index in [4.69, 9.17) is 9.90 Å². The number of fused-ring (bicyclic) bond motifs is 1. The number of aliphatic carboxylic acids is 1. The number of anilines is 2. The van der Waals surface area contributed by atoms with Crippen molar-refractivity contribution >= 4 is 44.6 Å². The van der Waals surface area contributed by atoms with Gasteiger partial charge in [-0.25, -0.2) is 9.78 Å². The van der Waals surface area contributed by atoms with Gasteiger partial charge in [0.05, 0.1) is 16.7 Å². The molecule has 0 bridgehead atoms. The molecule has 0 aliphatic carbocycles. The molecule has 24 heavy (non-hydrogen) atoms. The van der Waals surface area contributed by atoms with Crippen LogP contribution in [0.1, 0.15) is 0 Å². The molecule has 5 nitrogen and oxygen atoms in total. The summed E-state index contributed by atoms with van der Waals surface area (Å²) in [6.45, 7) is 0. The number of para-hydroxylation sites is 3. The second-order valence-corrected chi connectivity index (χ2v) is 5.36. The van der Waals surface area contributed by atoms with Gasteiger partial charge in [0.25, 0.3) is 0 Å². The molecule has 2 aromatic carbocycles. The summed E-state index contributed by atoms with van der Waals surface area (Å²) in [5.74, 6) is -2.01. The Balaban J connectivity index is 0.000000256. The summed E-state index contributed by atoms with van der Waals surface area (Å²) >= 11 is 3.49. The van der Waals surface area contributed by atoms with Crippen LogP contribution in [0.15, 0.2) is 53.0 Å². The standard InChI is InChI=1S/C13H10BrN3.C2HF3O2/c14-9-5-1-2-6-10(9)15-13-16-11-7-3-4-8-12(11)17-13;3-2(4,5)1(6)7/h1-8H,(H2,15,16,17);(H,6,7). The van der Waals surface area contributed by atoms with Gasteiger partial charge in [0, 0.05) is 4.47 Å². The molecule has 0 radical (unpaired) electrons. The van der Waals surface area contributed by atoms with E-state index < -0.39 is 12.1 Å². The lowest BCUT2D eigenvalue weighted by Crippen LogP contribution is -2.21. The first-order chi connectivity index (χ1) is 11.3. The van der Waals surface area contributed by atoms with E-state index in [-0.39, 0.29) is 0 Å². The quantitative estimate of drug-likeness (QED) is 0.581. The second kappa shape index (κ2) is 7.35. The minimum absolute atomic E-state index is 0.748. The number of aromatic amines is 1. The summed E-state index contributed by atoms with van der Waals surface area (Å²) in [5, 5.41) is 10.4. The molecule has 0 aliphatic heterocycles. The van der Waals surface area contributed by atoms with E-state index in [2.05, 4.69) is 31.2 Å². The zero-order valence-electron chi connectivity index (χ0n) is 11.9. The number of alkyl halides is 3. The van der Waals surface area contributed by atoms with Crippen LogP contribution in [0.5, 0.6) is 0 Å². The van der Waals surface area contributed by atoms with Crippen molar-refractivity contribution in [2.45, 2.75) is 6.18 Å². The highest BCUT2D eigenvalue weighted by atomic mass is 79.9. The molecule has 3 N–H and O–H groups in total. The van der Waals surface area contributed by atoms with Crippen molar-refractivity contribution < 1.29 is 23.1 Å². The first-order valence-electron chi connectivity index (χ1n) is 6.54. The van der Waals surface area contributed by atoms with Crippen molar-refractivity contribution in [3.8, 4) is 0 Å². The number of rotatable bonds is 2. The molecule has 0 aliphatic rings. The normalized spacial score (nSPS) is 10.8. The fraction of sp³-hybridized carbons (Fsp3) is 0.0667. The van der Waals surface area contributed by atoms with Gasteiger partial charge in [-0.05, 0) is 40.2 Å². The van der Waals surface area contributed by atoms with Crippen LogP contribution in [0.25, 0.3) is 11.0 Å². The van der Waals surface area contributed by atoms with E-state index in [1.54, 1.807) is 0 Å². The SMILES string of the molecule is Brc1ccccc1Nc1nc2ccccc2[nH]1.O=C(O)C(F)(F)F. The van der Waals surface area contributed by atoms with E-state index in [1.807, 2.05) is 48.5 Å². The lowest BCUT2D eigenvalue weighted by atomic mass is 10.3. The van der Waals surface area contributed by atoms with Gasteiger partial charge < -0.3 is 15.4 Å². The van der Waals surface area contributed by atoms with Gasteiger partial charge in [-0.3, -0.25) is 0 Å². The predicted octanol–water partition coefficient (Wildman–Crippen LogP) is 4.70. The molecule has 126 valence electrons. The van der Waals surface area contributed by atoms with Gasteiger partial charge in [0.1, 0.15) is 0 Å². The maximum absolute atomic E-state index is 10.6. The van der Waals surface area contributed by atoms with Crippen molar-refractivity contribution in [1.29, 1.82) is 0 Å². The molecule has 0 amide bonds. The average Bonchev–Trinajstić information content (AvgIpc) is 2.91. The van der Waals surface area contributed by atoms with E-state index in [9.17, 15) is 13.2 Å². The van der Waals surface area contributed by atoms with Gasteiger partial charge in [-0.2, -0.15) is 13.2 Å². The monoisotopic (exact) mass is 401 g/mol. The molecular weight excluding hydrogens is 391 g/mol. The van der Waals surface area contributed by atoms with Gasteiger partial charge in [-0.15, -0.1) is 0 Å². The Bertz CT molecular complexity index is 816. The number of benzene rings is 2. The first kappa shape index (κ1) is 17.8. The zero-order chi connectivity index (χ0) is 17.7. The molecule has 0 atom stereocenters. The summed E-state index contributed by atoms with van der Waals surface area (Å²) in [6.07, 6.45) is -5.08. The van der Waals surface area contributed by atoms with Gasteiger partial charge in [-0.1, -0.05) is 24.3 Å². The van der Waals surface area contributed by atoms with Crippen LogP contribution in [0.4, 0.5) is 24.8 Å². The number of imidazole rings is 1. The number of carbonyl (C=O) groups is 1. The van der Waals surface area contributed by atoms with Crippen LogP contribution in [-0.2, 0) is 4.79 Å². The molecule has 0 saturated heterocycles. The lowest BCUT2D eigenvalue weighted by Gasteiger charge is -2.04. The topological polar surface area (TPSA) is 78.0 Å². The zero-order valence-corrected chi connectivity index (χ0v) is 13.5. The molecule has 0 saturated carbocycles.